The first-order valence-corrected chi connectivity index (χ1v) is 7.73. The molecule has 2 nitrogen and oxygen atoms in total. The van der Waals surface area contributed by atoms with E-state index in [-0.39, 0.29) is 0 Å². The fraction of sp³-hybridized carbons (Fsp3) is 0.647. The minimum Gasteiger partial charge on any atom is -0.316 e. The molecule has 2 atom stereocenters. The Kier molecular flexibility index (Phi) is 5.87. The molecule has 106 valence electrons. The first-order valence-electron chi connectivity index (χ1n) is 7.73. The second kappa shape index (κ2) is 7.66. The molecule has 0 amide bonds. The molecular weight excluding hydrogens is 232 g/mol. The van der Waals surface area contributed by atoms with Gasteiger partial charge in [0.05, 0.1) is 0 Å². The minimum atomic E-state index is 0.667. The van der Waals surface area contributed by atoms with Crippen molar-refractivity contribution in [2.24, 2.45) is 5.92 Å². The molecule has 1 fully saturated rings. The number of nitrogens with zero attached hydrogens (tertiary/aromatic N) is 1. The van der Waals surface area contributed by atoms with Gasteiger partial charge in [0.25, 0.3) is 0 Å². The molecule has 1 aliphatic heterocycles. The smallest absolute Gasteiger partial charge is 0.00192 e. The van der Waals surface area contributed by atoms with Crippen LogP contribution in [-0.4, -0.2) is 37.6 Å². The van der Waals surface area contributed by atoms with E-state index in [0.29, 0.717) is 5.92 Å². The zero-order chi connectivity index (χ0) is 13.5. The van der Waals surface area contributed by atoms with Crippen molar-refractivity contribution in [3.63, 3.8) is 0 Å². The molecule has 1 aliphatic rings. The van der Waals surface area contributed by atoms with Gasteiger partial charge in [-0.2, -0.15) is 0 Å². The van der Waals surface area contributed by atoms with Gasteiger partial charge in [0.15, 0.2) is 0 Å². The fourth-order valence-corrected chi connectivity index (χ4v) is 2.90. The summed E-state index contributed by atoms with van der Waals surface area (Å²) in [6.45, 7) is 10.8. The summed E-state index contributed by atoms with van der Waals surface area (Å²) in [6, 6.07) is 10.9. The maximum atomic E-state index is 3.52. The van der Waals surface area contributed by atoms with Gasteiger partial charge in [0, 0.05) is 6.54 Å². The molecule has 1 saturated heterocycles. The predicted molar refractivity (Wildman–Crippen MR) is 82.6 cm³/mol. The molecule has 0 aromatic heterocycles. The topological polar surface area (TPSA) is 15.3 Å². The summed E-state index contributed by atoms with van der Waals surface area (Å²) >= 11 is 0. The third kappa shape index (κ3) is 4.96. The van der Waals surface area contributed by atoms with Crippen molar-refractivity contribution in [2.45, 2.75) is 32.6 Å². The van der Waals surface area contributed by atoms with Crippen LogP contribution in [0.1, 0.15) is 38.2 Å². The van der Waals surface area contributed by atoms with Gasteiger partial charge in [-0.15, -0.1) is 0 Å². The lowest BCUT2D eigenvalue weighted by atomic mass is 9.97. The van der Waals surface area contributed by atoms with E-state index >= 15 is 0 Å². The summed E-state index contributed by atoms with van der Waals surface area (Å²) in [4.78, 5) is 2.66. The van der Waals surface area contributed by atoms with Gasteiger partial charge in [-0.05, 0) is 56.4 Å². The van der Waals surface area contributed by atoms with Gasteiger partial charge in [-0.1, -0.05) is 44.2 Å². The molecule has 0 saturated carbocycles. The van der Waals surface area contributed by atoms with Crippen LogP contribution in [0.25, 0.3) is 0 Å². The van der Waals surface area contributed by atoms with Gasteiger partial charge in [0.2, 0.25) is 0 Å². The summed E-state index contributed by atoms with van der Waals surface area (Å²) in [5, 5.41) is 3.52. The normalized spacial score (nSPS) is 23.6. The van der Waals surface area contributed by atoms with Gasteiger partial charge in [-0.3, -0.25) is 0 Å². The van der Waals surface area contributed by atoms with Crippen molar-refractivity contribution in [1.29, 1.82) is 0 Å². The summed E-state index contributed by atoms with van der Waals surface area (Å²) < 4.78 is 0. The van der Waals surface area contributed by atoms with E-state index in [4.69, 9.17) is 0 Å². The lowest BCUT2D eigenvalue weighted by molar-refractivity contribution is 0.210. The third-order valence-corrected chi connectivity index (χ3v) is 4.14. The van der Waals surface area contributed by atoms with Crippen LogP contribution in [0.4, 0.5) is 0 Å². The second-order valence-corrected chi connectivity index (χ2v) is 6.06. The summed E-state index contributed by atoms with van der Waals surface area (Å²) in [5.41, 5.74) is 1.48. The van der Waals surface area contributed by atoms with Crippen molar-refractivity contribution >= 4 is 0 Å². The van der Waals surface area contributed by atoms with Crippen molar-refractivity contribution in [3.8, 4) is 0 Å². The average Bonchev–Trinajstić information content (AvgIpc) is 2.42. The molecule has 1 N–H and O–H groups in total. The molecule has 0 bridgehead atoms. The van der Waals surface area contributed by atoms with Crippen molar-refractivity contribution in [3.05, 3.63) is 35.9 Å². The molecule has 2 heteroatoms. The Bertz CT molecular complexity index is 350. The van der Waals surface area contributed by atoms with Crippen LogP contribution in [0.2, 0.25) is 0 Å². The quantitative estimate of drug-likeness (QED) is 0.895. The number of hydrogen-bond donors (Lipinski definition) is 1. The van der Waals surface area contributed by atoms with Crippen LogP contribution in [0, 0.1) is 5.92 Å². The van der Waals surface area contributed by atoms with Gasteiger partial charge in [-0.25, -0.2) is 0 Å². The molecule has 0 radical (unpaired) electrons. The molecular formula is C17H28N2. The Labute approximate surface area is 118 Å². The molecule has 1 aromatic rings. The summed E-state index contributed by atoms with van der Waals surface area (Å²) in [5.74, 6) is 1.44. The van der Waals surface area contributed by atoms with E-state index < -0.39 is 0 Å². The zero-order valence-corrected chi connectivity index (χ0v) is 12.4. The van der Waals surface area contributed by atoms with Crippen molar-refractivity contribution in [2.75, 3.05) is 32.7 Å². The highest BCUT2D eigenvalue weighted by atomic mass is 15.1. The Balaban J connectivity index is 1.80. The molecule has 2 rings (SSSR count). The minimum absolute atomic E-state index is 0.667. The van der Waals surface area contributed by atoms with Crippen molar-refractivity contribution in [1.82, 2.24) is 10.2 Å². The summed E-state index contributed by atoms with van der Waals surface area (Å²) in [7, 11) is 0. The molecule has 0 aliphatic carbocycles. The Morgan fingerprint density at radius 3 is 2.89 bits per heavy atom. The van der Waals surface area contributed by atoms with Gasteiger partial charge >= 0.3 is 0 Å². The van der Waals surface area contributed by atoms with E-state index in [1.54, 1.807) is 0 Å². The molecule has 1 aromatic carbocycles. The summed E-state index contributed by atoms with van der Waals surface area (Å²) in [6.07, 6.45) is 2.55. The maximum Gasteiger partial charge on any atom is 0.00192 e. The highest BCUT2D eigenvalue weighted by Crippen LogP contribution is 2.19. The highest BCUT2D eigenvalue weighted by molar-refractivity contribution is 5.18. The highest BCUT2D eigenvalue weighted by Gasteiger charge is 2.14. The van der Waals surface area contributed by atoms with Crippen LogP contribution in [0.3, 0.4) is 0 Å². The van der Waals surface area contributed by atoms with Crippen LogP contribution in [0.15, 0.2) is 30.3 Å². The monoisotopic (exact) mass is 260 g/mol. The van der Waals surface area contributed by atoms with E-state index in [1.807, 2.05) is 0 Å². The largest absolute Gasteiger partial charge is 0.316 e. The third-order valence-electron chi connectivity index (χ3n) is 4.14. The predicted octanol–water partition coefficient (Wildman–Crippen LogP) is 3.11. The van der Waals surface area contributed by atoms with Crippen molar-refractivity contribution < 1.29 is 0 Å². The fourth-order valence-electron chi connectivity index (χ4n) is 2.90. The van der Waals surface area contributed by atoms with E-state index in [2.05, 4.69) is 54.4 Å². The number of hydrogen-bond acceptors (Lipinski definition) is 2. The van der Waals surface area contributed by atoms with Crippen LogP contribution >= 0.6 is 0 Å². The van der Waals surface area contributed by atoms with Crippen LogP contribution in [0.5, 0.6) is 0 Å². The standard InChI is InChI=1S/C17H28N2/c1-15-13-18-10-6-11-19(14-15)12-9-16(2)17-7-4-3-5-8-17/h3-5,7-8,15-16,18H,6,9-14H2,1-2H3. The Hall–Kier alpha value is -0.860. The SMILES string of the molecule is CC1CNCCCN(CCC(C)c2ccccc2)C1. The first-order chi connectivity index (χ1) is 9.25. The average molecular weight is 260 g/mol. The van der Waals surface area contributed by atoms with Gasteiger partial charge in [0.1, 0.15) is 0 Å². The van der Waals surface area contributed by atoms with Crippen LogP contribution in [-0.2, 0) is 0 Å². The first kappa shape index (κ1) is 14.5. The molecule has 2 unspecified atom stereocenters. The molecule has 0 spiro atoms. The Morgan fingerprint density at radius 2 is 2.11 bits per heavy atom. The zero-order valence-electron chi connectivity index (χ0n) is 12.4. The Morgan fingerprint density at radius 1 is 1.32 bits per heavy atom. The number of benzene rings is 1. The van der Waals surface area contributed by atoms with E-state index in [0.717, 1.165) is 5.92 Å². The van der Waals surface area contributed by atoms with Crippen LogP contribution < -0.4 is 5.32 Å². The second-order valence-electron chi connectivity index (χ2n) is 6.06. The van der Waals surface area contributed by atoms with Gasteiger partial charge < -0.3 is 10.2 Å². The molecule has 19 heavy (non-hydrogen) atoms. The number of nitrogens with one attached hydrogen (secondary N) is 1. The lowest BCUT2D eigenvalue weighted by Crippen LogP contribution is -2.39. The van der Waals surface area contributed by atoms with E-state index in [1.165, 1.54) is 51.1 Å². The molecule has 1 heterocycles. The number of rotatable bonds is 4. The lowest BCUT2D eigenvalue weighted by Gasteiger charge is -2.29. The van der Waals surface area contributed by atoms with E-state index in [9.17, 15) is 0 Å². The maximum absolute atomic E-state index is 3.52.